The summed E-state index contributed by atoms with van der Waals surface area (Å²) in [6, 6.07) is 12.0. The Morgan fingerprint density at radius 3 is 2.74 bits per heavy atom. The molecule has 3 nitrogen and oxygen atoms in total. The summed E-state index contributed by atoms with van der Waals surface area (Å²) in [6.45, 7) is 1.93. The molecule has 0 amide bonds. The first-order chi connectivity index (χ1) is 9.18. The summed E-state index contributed by atoms with van der Waals surface area (Å²) in [5.74, 6) is 0.819. The smallest absolute Gasteiger partial charge is 0.164 e. The van der Waals surface area contributed by atoms with Gasteiger partial charge in [0.2, 0.25) is 0 Å². The summed E-state index contributed by atoms with van der Waals surface area (Å²) in [6.07, 6.45) is 1.78. The van der Waals surface area contributed by atoms with Crippen LogP contribution in [-0.4, -0.2) is 14.5 Å². The predicted molar refractivity (Wildman–Crippen MR) is 85.9 cm³/mol. The minimum absolute atomic E-state index is 0.176. The van der Waals surface area contributed by atoms with Gasteiger partial charge < -0.3 is 0 Å². The number of para-hydroxylation sites is 1. The zero-order chi connectivity index (χ0) is 13.4. The van der Waals surface area contributed by atoms with E-state index in [1.807, 2.05) is 35.8 Å². The third-order valence-electron chi connectivity index (χ3n) is 2.89. The molecule has 0 radical (unpaired) electrons. The molecule has 0 fully saturated rings. The SMILES string of the molecule is CC(Cl)c1nc2cccnc2n1-c1ccccc1I. The number of fused-ring (bicyclic) bond motifs is 1. The Balaban J connectivity index is 2.38. The highest BCUT2D eigenvalue weighted by Crippen LogP contribution is 2.28. The van der Waals surface area contributed by atoms with Crippen molar-refractivity contribution in [2.24, 2.45) is 0 Å². The number of pyridine rings is 1. The van der Waals surface area contributed by atoms with Crippen LogP contribution in [0, 0.1) is 3.57 Å². The molecule has 5 heteroatoms. The molecule has 2 aromatic heterocycles. The van der Waals surface area contributed by atoms with Crippen molar-refractivity contribution < 1.29 is 0 Å². The quantitative estimate of drug-likeness (QED) is 0.487. The van der Waals surface area contributed by atoms with Gasteiger partial charge in [-0.3, -0.25) is 4.57 Å². The van der Waals surface area contributed by atoms with Gasteiger partial charge in [-0.05, 0) is 53.8 Å². The lowest BCUT2D eigenvalue weighted by atomic mass is 10.3. The minimum Gasteiger partial charge on any atom is -0.278 e. The van der Waals surface area contributed by atoms with Gasteiger partial charge in [-0.25, -0.2) is 9.97 Å². The fourth-order valence-corrected chi connectivity index (χ4v) is 2.84. The lowest BCUT2D eigenvalue weighted by molar-refractivity contribution is 0.874. The van der Waals surface area contributed by atoms with Gasteiger partial charge in [0.05, 0.1) is 11.1 Å². The lowest BCUT2D eigenvalue weighted by Crippen LogP contribution is -2.04. The van der Waals surface area contributed by atoms with Gasteiger partial charge in [0.15, 0.2) is 5.65 Å². The van der Waals surface area contributed by atoms with E-state index in [0.29, 0.717) is 0 Å². The van der Waals surface area contributed by atoms with Crippen LogP contribution in [0.15, 0.2) is 42.6 Å². The molecule has 1 unspecified atom stereocenters. The fourth-order valence-electron chi connectivity index (χ4n) is 2.07. The van der Waals surface area contributed by atoms with Crippen LogP contribution in [0.1, 0.15) is 18.1 Å². The number of nitrogens with zero attached hydrogens (tertiary/aromatic N) is 3. The molecular weight excluding hydrogens is 373 g/mol. The molecule has 19 heavy (non-hydrogen) atoms. The van der Waals surface area contributed by atoms with E-state index < -0.39 is 0 Å². The molecule has 0 aliphatic heterocycles. The molecule has 1 aromatic carbocycles. The Morgan fingerprint density at radius 1 is 1.21 bits per heavy atom. The molecule has 0 saturated carbocycles. The molecule has 96 valence electrons. The number of hydrogen-bond donors (Lipinski definition) is 0. The van der Waals surface area contributed by atoms with E-state index in [4.69, 9.17) is 11.6 Å². The summed E-state index contributed by atoms with van der Waals surface area (Å²) in [7, 11) is 0. The van der Waals surface area contributed by atoms with Gasteiger partial charge in [0, 0.05) is 9.77 Å². The maximum Gasteiger partial charge on any atom is 0.164 e. The van der Waals surface area contributed by atoms with Crippen molar-refractivity contribution in [2.75, 3.05) is 0 Å². The van der Waals surface area contributed by atoms with Crippen molar-refractivity contribution in [3.8, 4) is 5.69 Å². The van der Waals surface area contributed by atoms with Gasteiger partial charge in [-0.15, -0.1) is 11.6 Å². The second-order valence-electron chi connectivity index (χ2n) is 4.22. The zero-order valence-corrected chi connectivity index (χ0v) is 13.1. The third kappa shape index (κ3) is 2.23. The normalized spacial score (nSPS) is 12.8. The van der Waals surface area contributed by atoms with Gasteiger partial charge in [0.1, 0.15) is 11.3 Å². The van der Waals surface area contributed by atoms with E-state index in [-0.39, 0.29) is 5.38 Å². The van der Waals surface area contributed by atoms with Crippen LogP contribution >= 0.6 is 34.2 Å². The molecular formula is C14H11ClIN3. The molecule has 0 N–H and O–H groups in total. The van der Waals surface area contributed by atoms with Crippen LogP contribution in [0.5, 0.6) is 0 Å². The number of halogens is 2. The lowest BCUT2D eigenvalue weighted by Gasteiger charge is -2.11. The van der Waals surface area contributed by atoms with E-state index in [9.17, 15) is 0 Å². The Bertz CT molecular complexity index is 736. The van der Waals surface area contributed by atoms with Crippen molar-refractivity contribution in [3.63, 3.8) is 0 Å². The molecule has 1 atom stereocenters. The monoisotopic (exact) mass is 383 g/mol. The average molecular weight is 384 g/mol. The summed E-state index contributed by atoms with van der Waals surface area (Å²) in [5.41, 5.74) is 2.77. The first-order valence-electron chi connectivity index (χ1n) is 5.91. The molecule has 0 spiro atoms. The van der Waals surface area contributed by atoms with Crippen LogP contribution in [0.25, 0.3) is 16.9 Å². The zero-order valence-electron chi connectivity index (χ0n) is 10.2. The number of imidazole rings is 1. The van der Waals surface area contributed by atoms with Crippen LogP contribution in [0.4, 0.5) is 0 Å². The van der Waals surface area contributed by atoms with Crippen LogP contribution in [0.3, 0.4) is 0 Å². The highest BCUT2D eigenvalue weighted by Gasteiger charge is 2.18. The Hall–Kier alpha value is -1.14. The molecule has 0 bridgehead atoms. The van der Waals surface area contributed by atoms with Gasteiger partial charge in [0.25, 0.3) is 0 Å². The fraction of sp³-hybridized carbons (Fsp3) is 0.143. The van der Waals surface area contributed by atoms with E-state index >= 15 is 0 Å². The minimum atomic E-state index is -0.176. The molecule has 3 rings (SSSR count). The van der Waals surface area contributed by atoms with E-state index in [1.54, 1.807) is 6.20 Å². The number of alkyl halides is 1. The van der Waals surface area contributed by atoms with Crippen molar-refractivity contribution in [1.82, 2.24) is 14.5 Å². The Kier molecular flexibility index (Phi) is 3.45. The molecule has 0 aliphatic rings. The number of rotatable bonds is 2. The highest BCUT2D eigenvalue weighted by molar-refractivity contribution is 14.1. The highest BCUT2D eigenvalue weighted by atomic mass is 127. The van der Waals surface area contributed by atoms with E-state index in [0.717, 1.165) is 26.2 Å². The van der Waals surface area contributed by atoms with Crippen molar-refractivity contribution in [2.45, 2.75) is 12.3 Å². The first-order valence-corrected chi connectivity index (χ1v) is 7.42. The number of hydrogen-bond acceptors (Lipinski definition) is 2. The predicted octanol–water partition coefficient (Wildman–Crippen LogP) is 4.32. The first kappa shape index (κ1) is 12.9. The van der Waals surface area contributed by atoms with Crippen LogP contribution in [0.2, 0.25) is 0 Å². The van der Waals surface area contributed by atoms with Crippen molar-refractivity contribution in [3.05, 3.63) is 52.0 Å². The van der Waals surface area contributed by atoms with E-state index in [1.165, 1.54) is 0 Å². The molecule has 0 saturated heterocycles. The summed E-state index contributed by atoms with van der Waals surface area (Å²) in [4.78, 5) is 9.04. The van der Waals surface area contributed by atoms with Gasteiger partial charge in [-0.2, -0.15) is 0 Å². The topological polar surface area (TPSA) is 30.7 Å². The van der Waals surface area contributed by atoms with Crippen LogP contribution in [-0.2, 0) is 0 Å². The van der Waals surface area contributed by atoms with Crippen molar-refractivity contribution >= 4 is 45.4 Å². The maximum absolute atomic E-state index is 6.27. The van der Waals surface area contributed by atoms with Crippen molar-refractivity contribution in [1.29, 1.82) is 0 Å². The summed E-state index contributed by atoms with van der Waals surface area (Å²) < 4.78 is 3.18. The van der Waals surface area contributed by atoms with E-state index in [2.05, 4.69) is 44.7 Å². The largest absolute Gasteiger partial charge is 0.278 e. The number of aromatic nitrogens is 3. The average Bonchev–Trinajstić information content (AvgIpc) is 2.79. The van der Waals surface area contributed by atoms with Gasteiger partial charge in [-0.1, -0.05) is 12.1 Å². The standard InChI is InChI=1S/C14H11ClIN3/c1-9(15)13-18-11-6-4-8-17-14(11)19(13)12-7-3-2-5-10(12)16/h2-9H,1H3. The Labute approximate surface area is 129 Å². The molecule has 3 aromatic rings. The Morgan fingerprint density at radius 2 is 2.00 bits per heavy atom. The van der Waals surface area contributed by atoms with Crippen LogP contribution < -0.4 is 0 Å². The third-order valence-corrected chi connectivity index (χ3v) is 4.00. The second-order valence-corrected chi connectivity index (χ2v) is 6.04. The number of benzene rings is 1. The van der Waals surface area contributed by atoms with Gasteiger partial charge >= 0.3 is 0 Å². The maximum atomic E-state index is 6.27. The molecule has 0 aliphatic carbocycles. The summed E-state index contributed by atoms with van der Waals surface area (Å²) in [5, 5.41) is -0.176. The summed E-state index contributed by atoms with van der Waals surface area (Å²) >= 11 is 8.58. The molecule has 2 heterocycles. The second kappa shape index (κ2) is 5.09.